The Morgan fingerprint density at radius 2 is 1.56 bits per heavy atom. The zero-order valence-corrected chi connectivity index (χ0v) is 13.7. The van der Waals surface area contributed by atoms with Crippen LogP contribution >= 0.6 is 47.8 Å². The van der Waals surface area contributed by atoms with Gasteiger partial charge in [0.2, 0.25) is 0 Å². The van der Waals surface area contributed by atoms with Crippen molar-refractivity contribution in [1.29, 1.82) is 0 Å². The van der Waals surface area contributed by atoms with Crippen molar-refractivity contribution >= 4 is 53.8 Å². The molecule has 0 aliphatic heterocycles. The minimum absolute atomic E-state index is 0.280. The lowest BCUT2D eigenvalue weighted by atomic mass is 10.0. The molecule has 0 aliphatic carbocycles. The minimum atomic E-state index is -0.924. The molecule has 18 heavy (non-hydrogen) atoms. The molecule has 2 rings (SSSR count). The summed E-state index contributed by atoms with van der Waals surface area (Å²) in [7, 11) is 0. The fraction of sp³-hybridized carbons (Fsp3) is 0. The topological polar surface area (TPSA) is 37.3 Å². The molecule has 5 heteroatoms. The quantitative estimate of drug-likeness (QED) is 0.648. The lowest BCUT2D eigenvalue weighted by Gasteiger charge is -2.07. The Kier molecular flexibility index (Phi) is 4.25. The highest BCUT2D eigenvalue weighted by molar-refractivity contribution is 9.14. The van der Waals surface area contributed by atoms with Gasteiger partial charge in [-0.15, -0.1) is 0 Å². The van der Waals surface area contributed by atoms with Crippen LogP contribution in [0.25, 0.3) is 11.1 Å². The van der Waals surface area contributed by atoms with Gasteiger partial charge >= 0.3 is 5.97 Å². The van der Waals surface area contributed by atoms with E-state index >= 15 is 0 Å². The highest BCUT2D eigenvalue weighted by atomic mass is 79.9. The Bertz CT molecular complexity index is 600. The van der Waals surface area contributed by atoms with E-state index < -0.39 is 5.97 Å². The molecule has 0 bridgehead atoms. The van der Waals surface area contributed by atoms with Gasteiger partial charge in [-0.2, -0.15) is 0 Å². The van der Waals surface area contributed by atoms with Crippen LogP contribution in [0, 0.1) is 0 Å². The largest absolute Gasteiger partial charge is 0.478 e. The van der Waals surface area contributed by atoms with Gasteiger partial charge in [-0.1, -0.05) is 12.1 Å². The molecule has 2 aromatic carbocycles. The summed E-state index contributed by atoms with van der Waals surface area (Å²) in [6.07, 6.45) is 0. The number of hydrogen-bond donors (Lipinski definition) is 1. The second-order valence-electron chi connectivity index (χ2n) is 3.64. The van der Waals surface area contributed by atoms with Crippen LogP contribution in [0.4, 0.5) is 0 Å². The van der Waals surface area contributed by atoms with Crippen LogP contribution in [-0.2, 0) is 0 Å². The predicted molar refractivity (Wildman–Crippen MR) is 81.9 cm³/mol. The number of halogens is 3. The molecule has 0 fully saturated rings. The van der Waals surface area contributed by atoms with Crippen molar-refractivity contribution in [3.63, 3.8) is 0 Å². The Hall–Kier alpha value is -0.650. The molecule has 1 N–H and O–H groups in total. The first-order valence-corrected chi connectivity index (χ1v) is 7.35. The van der Waals surface area contributed by atoms with Gasteiger partial charge in [0.05, 0.1) is 5.56 Å². The first-order valence-electron chi connectivity index (χ1n) is 4.97. The molecule has 0 radical (unpaired) electrons. The Morgan fingerprint density at radius 1 is 0.944 bits per heavy atom. The molecule has 0 heterocycles. The number of carbonyl (C=O) groups is 1. The average molecular weight is 435 g/mol. The third-order valence-electron chi connectivity index (χ3n) is 2.43. The number of carboxylic acids is 1. The molecule has 0 saturated heterocycles. The molecule has 0 amide bonds. The average Bonchev–Trinajstić information content (AvgIpc) is 2.35. The van der Waals surface area contributed by atoms with E-state index in [0.29, 0.717) is 0 Å². The molecule has 0 aliphatic rings. The maximum Gasteiger partial charge on any atom is 0.335 e. The molecule has 0 spiro atoms. The van der Waals surface area contributed by atoms with Crippen LogP contribution in [0.1, 0.15) is 10.4 Å². The molecule has 0 saturated carbocycles. The number of aromatic carboxylic acids is 1. The summed E-state index contributed by atoms with van der Waals surface area (Å²) in [5.41, 5.74) is 2.09. The smallest absolute Gasteiger partial charge is 0.335 e. The van der Waals surface area contributed by atoms with E-state index in [1.165, 1.54) is 0 Å². The predicted octanol–water partition coefficient (Wildman–Crippen LogP) is 5.34. The van der Waals surface area contributed by atoms with Crippen LogP contribution in [0.2, 0.25) is 0 Å². The summed E-state index contributed by atoms with van der Waals surface area (Å²) in [5.74, 6) is -0.924. The molecule has 0 unspecified atom stereocenters. The van der Waals surface area contributed by atoms with E-state index in [1.807, 2.05) is 18.2 Å². The van der Waals surface area contributed by atoms with Gasteiger partial charge in [0.25, 0.3) is 0 Å². The van der Waals surface area contributed by atoms with E-state index in [0.717, 1.165) is 24.5 Å². The molecular weight excluding hydrogens is 428 g/mol. The molecule has 2 nitrogen and oxygen atoms in total. The van der Waals surface area contributed by atoms with Crippen LogP contribution in [-0.4, -0.2) is 11.1 Å². The lowest BCUT2D eigenvalue weighted by molar-refractivity contribution is 0.0697. The van der Waals surface area contributed by atoms with Crippen molar-refractivity contribution in [2.45, 2.75) is 0 Å². The first-order chi connectivity index (χ1) is 8.49. The van der Waals surface area contributed by atoms with E-state index in [9.17, 15) is 4.79 Å². The van der Waals surface area contributed by atoms with Crippen LogP contribution in [0.3, 0.4) is 0 Å². The molecule has 0 atom stereocenters. The molecule has 0 aromatic heterocycles. The Labute approximate surface area is 129 Å². The first kappa shape index (κ1) is 13.8. The number of benzene rings is 2. The van der Waals surface area contributed by atoms with Gasteiger partial charge in [-0.3, -0.25) is 0 Å². The third-order valence-corrected chi connectivity index (χ3v) is 5.60. The van der Waals surface area contributed by atoms with E-state index in [2.05, 4.69) is 47.8 Å². The maximum absolute atomic E-state index is 10.9. The second kappa shape index (κ2) is 5.55. The fourth-order valence-electron chi connectivity index (χ4n) is 1.55. The van der Waals surface area contributed by atoms with E-state index in [-0.39, 0.29) is 5.56 Å². The SMILES string of the molecule is O=C(O)c1cccc(-c2cc(Br)c(Br)c(Br)c2)c1. The van der Waals surface area contributed by atoms with Gasteiger partial charge in [0.1, 0.15) is 0 Å². The van der Waals surface area contributed by atoms with Gasteiger partial charge in [-0.05, 0) is 83.2 Å². The van der Waals surface area contributed by atoms with Crippen LogP contribution in [0.5, 0.6) is 0 Å². The molecule has 92 valence electrons. The summed E-state index contributed by atoms with van der Waals surface area (Å²) in [5, 5.41) is 8.98. The van der Waals surface area contributed by atoms with Gasteiger partial charge in [0, 0.05) is 13.4 Å². The summed E-state index contributed by atoms with van der Waals surface area (Å²) in [6.45, 7) is 0. The maximum atomic E-state index is 10.9. The zero-order valence-electron chi connectivity index (χ0n) is 8.95. The third kappa shape index (κ3) is 2.84. The number of hydrogen-bond acceptors (Lipinski definition) is 1. The van der Waals surface area contributed by atoms with Crippen molar-refractivity contribution in [1.82, 2.24) is 0 Å². The minimum Gasteiger partial charge on any atom is -0.478 e. The lowest BCUT2D eigenvalue weighted by Crippen LogP contribution is -1.95. The van der Waals surface area contributed by atoms with Gasteiger partial charge in [0.15, 0.2) is 0 Å². The van der Waals surface area contributed by atoms with Crippen LogP contribution in [0.15, 0.2) is 49.8 Å². The van der Waals surface area contributed by atoms with Crippen LogP contribution < -0.4 is 0 Å². The van der Waals surface area contributed by atoms with Gasteiger partial charge < -0.3 is 5.11 Å². The molecule has 2 aromatic rings. The van der Waals surface area contributed by atoms with Crippen molar-refractivity contribution in [3.8, 4) is 11.1 Å². The summed E-state index contributed by atoms with van der Waals surface area (Å²) in [4.78, 5) is 10.9. The van der Waals surface area contributed by atoms with Crippen molar-refractivity contribution < 1.29 is 9.90 Å². The highest BCUT2D eigenvalue weighted by Gasteiger charge is 2.08. The Morgan fingerprint density at radius 3 is 2.11 bits per heavy atom. The number of carboxylic acid groups (broad SMARTS) is 1. The fourth-order valence-corrected chi connectivity index (χ4v) is 2.97. The highest BCUT2D eigenvalue weighted by Crippen LogP contribution is 2.35. The normalized spacial score (nSPS) is 10.4. The van der Waals surface area contributed by atoms with Crippen molar-refractivity contribution in [2.75, 3.05) is 0 Å². The summed E-state index contributed by atoms with van der Waals surface area (Å²) in [6, 6.07) is 10.7. The zero-order chi connectivity index (χ0) is 13.3. The standard InChI is InChI=1S/C13H7Br3O2/c14-10-5-9(6-11(15)12(10)16)7-2-1-3-8(4-7)13(17)18/h1-6H,(H,17,18). The number of rotatable bonds is 2. The van der Waals surface area contributed by atoms with E-state index in [1.54, 1.807) is 18.2 Å². The monoisotopic (exact) mass is 432 g/mol. The van der Waals surface area contributed by atoms with Gasteiger partial charge in [-0.25, -0.2) is 4.79 Å². The summed E-state index contributed by atoms with van der Waals surface area (Å²) >= 11 is 10.3. The van der Waals surface area contributed by atoms with Crippen molar-refractivity contribution in [3.05, 3.63) is 55.4 Å². The summed E-state index contributed by atoms with van der Waals surface area (Å²) < 4.78 is 2.75. The second-order valence-corrected chi connectivity index (χ2v) is 6.14. The van der Waals surface area contributed by atoms with E-state index in [4.69, 9.17) is 5.11 Å². The Balaban J connectivity index is 2.55. The van der Waals surface area contributed by atoms with Crippen molar-refractivity contribution in [2.24, 2.45) is 0 Å². The molecular formula is C13H7Br3O2.